The third-order valence-electron chi connectivity index (χ3n) is 4.10. The average Bonchev–Trinajstić information content (AvgIpc) is 3.00. The van der Waals surface area contributed by atoms with E-state index in [-0.39, 0.29) is 5.91 Å². The Labute approximate surface area is 124 Å². The molecule has 1 aliphatic rings. The van der Waals surface area contributed by atoms with Gasteiger partial charge in [0.25, 0.3) is 5.91 Å². The number of aryl methyl sites for hydroxylation is 2. The molecule has 0 radical (unpaired) electrons. The van der Waals surface area contributed by atoms with Crippen molar-refractivity contribution in [3.63, 3.8) is 0 Å². The van der Waals surface area contributed by atoms with Crippen LogP contribution in [0.15, 0.2) is 34.7 Å². The summed E-state index contributed by atoms with van der Waals surface area (Å²) in [7, 11) is 0. The Bertz CT molecular complexity index is 675. The molecule has 0 saturated carbocycles. The highest BCUT2D eigenvalue weighted by molar-refractivity contribution is 6.08. The van der Waals surface area contributed by atoms with Gasteiger partial charge in [0.2, 0.25) is 0 Å². The van der Waals surface area contributed by atoms with E-state index in [0.29, 0.717) is 30.3 Å². The van der Waals surface area contributed by atoms with Crippen molar-refractivity contribution >= 4 is 11.6 Å². The van der Waals surface area contributed by atoms with Crippen LogP contribution in [-0.2, 0) is 0 Å². The quantitative estimate of drug-likeness (QED) is 0.942. The van der Waals surface area contributed by atoms with E-state index in [0.717, 1.165) is 17.9 Å². The fourth-order valence-corrected chi connectivity index (χ4v) is 3.12. The number of rotatable bonds is 3. The van der Waals surface area contributed by atoms with Gasteiger partial charge in [0.15, 0.2) is 0 Å². The van der Waals surface area contributed by atoms with Crippen molar-refractivity contribution in [1.29, 1.82) is 0 Å². The van der Waals surface area contributed by atoms with Crippen LogP contribution >= 0.6 is 0 Å². The Kier molecular flexibility index (Phi) is 3.55. The molecule has 0 fully saturated rings. The van der Waals surface area contributed by atoms with E-state index in [4.69, 9.17) is 10.2 Å². The number of hydrogen-bond donors (Lipinski definition) is 1. The molecule has 1 aliphatic heterocycles. The number of benzene rings is 1. The van der Waals surface area contributed by atoms with E-state index in [1.54, 1.807) is 0 Å². The zero-order valence-electron chi connectivity index (χ0n) is 12.4. The summed E-state index contributed by atoms with van der Waals surface area (Å²) in [4.78, 5) is 14.7. The molecule has 1 aromatic heterocycles. The van der Waals surface area contributed by atoms with Gasteiger partial charge in [-0.3, -0.25) is 4.79 Å². The minimum atomic E-state index is 0.0105. The Morgan fingerprint density at radius 3 is 2.81 bits per heavy atom. The van der Waals surface area contributed by atoms with Crippen LogP contribution in [-0.4, -0.2) is 19.0 Å². The second-order valence-electron chi connectivity index (χ2n) is 5.58. The predicted molar refractivity (Wildman–Crippen MR) is 82.7 cm³/mol. The lowest BCUT2D eigenvalue weighted by molar-refractivity contribution is 0.0986. The molecule has 110 valence electrons. The smallest absolute Gasteiger partial charge is 0.261 e. The van der Waals surface area contributed by atoms with Gasteiger partial charge in [-0.2, -0.15) is 0 Å². The van der Waals surface area contributed by atoms with E-state index >= 15 is 0 Å². The van der Waals surface area contributed by atoms with Crippen LogP contribution in [0.5, 0.6) is 0 Å². The van der Waals surface area contributed by atoms with Crippen LogP contribution in [0, 0.1) is 13.8 Å². The molecule has 4 nitrogen and oxygen atoms in total. The summed E-state index contributed by atoms with van der Waals surface area (Å²) in [5.41, 5.74) is 8.57. The molecule has 0 aliphatic carbocycles. The number of nitrogens with zero attached hydrogens (tertiary/aromatic N) is 1. The summed E-state index contributed by atoms with van der Waals surface area (Å²) in [6.07, 6.45) is 0.893. The number of anilines is 1. The third kappa shape index (κ3) is 2.36. The molecule has 0 bridgehead atoms. The van der Waals surface area contributed by atoms with E-state index in [2.05, 4.69) is 6.07 Å². The summed E-state index contributed by atoms with van der Waals surface area (Å²) < 4.78 is 5.49. The number of carbonyl (C=O) groups excluding carboxylic acids is 1. The first-order valence-corrected chi connectivity index (χ1v) is 7.29. The molecule has 1 atom stereocenters. The average molecular weight is 284 g/mol. The first-order valence-electron chi connectivity index (χ1n) is 7.29. The van der Waals surface area contributed by atoms with Crippen molar-refractivity contribution in [2.75, 3.05) is 18.0 Å². The van der Waals surface area contributed by atoms with Gasteiger partial charge in [-0.25, -0.2) is 0 Å². The second kappa shape index (κ2) is 5.37. The number of carbonyl (C=O) groups is 1. The SMILES string of the molecule is Cc1cc(C(=O)N2CC(CCN)c3ccccc32)c(C)o1. The summed E-state index contributed by atoms with van der Waals surface area (Å²) in [6.45, 7) is 5.02. The molecule has 4 heteroatoms. The van der Waals surface area contributed by atoms with Crippen molar-refractivity contribution < 1.29 is 9.21 Å². The monoisotopic (exact) mass is 284 g/mol. The molecule has 2 N–H and O–H groups in total. The standard InChI is InChI=1S/C17H20N2O2/c1-11-9-15(12(2)21-11)17(20)19-10-13(7-8-18)14-5-3-4-6-16(14)19/h3-6,9,13H,7-8,10,18H2,1-2H3. The van der Waals surface area contributed by atoms with E-state index in [9.17, 15) is 4.79 Å². The zero-order valence-corrected chi connectivity index (χ0v) is 12.4. The first kappa shape index (κ1) is 13.9. The first-order chi connectivity index (χ1) is 10.1. The fourth-order valence-electron chi connectivity index (χ4n) is 3.12. The summed E-state index contributed by atoms with van der Waals surface area (Å²) >= 11 is 0. The minimum Gasteiger partial charge on any atom is -0.466 e. The Balaban J connectivity index is 1.96. The summed E-state index contributed by atoms with van der Waals surface area (Å²) in [5.74, 6) is 1.78. The van der Waals surface area contributed by atoms with Crippen LogP contribution in [0.4, 0.5) is 5.69 Å². The van der Waals surface area contributed by atoms with Gasteiger partial charge < -0.3 is 15.1 Å². The maximum atomic E-state index is 12.8. The number of amides is 1. The van der Waals surface area contributed by atoms with Crippen molar-refractivity contribution in [3.05, 3.63) is 53.0 Å². The van der Waals surface area contributed by atoms with E-state index in [1.165, 1.54) is 5.56 Å². The molecule has 0 spiro atoms. The number of fused-ring (bicyclic) bond motifs is 1. The highest BCUT2D eigenvalue weighted by Crippen LogP contribution is 2.38. The van der Waals surface area contributed by atoms with Gasteiger partial charge in [-0.15, -0.1) is 0 Å². The molecule has 3 rings (SSSR count). The lowest BCUT2D eigenvalue weighted by Crippen LogP contribution is -2.30. The topological polar surface area (TPSA) is 59.5 Å². The van der Waals surface area contributed by atoms with Crippen LogP contribution in [0.1, 0.15) is 39.8 Å². The number of para-hydroxylation sites is 1. The molecule has 1 aromatic carbocycles. The third-order valence-corrected chi connectivity index (χ3v) is 4.10. The van der Waals surface area contributed by atoms with Crippen molar-refractivity contribution in [2.45, 2.75) is 26.2 Å². The number of hydrogen-bond acceptors (Lipinski definition) is 3. The number of nitrogens with two attached hydrogens (primary N) is 1. The Hall–Kier alpha value is -2.07. The van der Waals surface area contributed by atoms with Crippen LogP contribution < -0.4 is 10.6 Å². The largest absolute Gasteiger partial charge is 0.466 e. The second-order valence-corrected chi connectivity index (χ2v) is 5.58. The van der Waals surface area contributed by atoms with Crippen molar-refractivity contribution in [2.24, 2.45) is 5.73 Å². The van der Waals surface area contributed by atoms with Crippen molar-refractivity contribution in [3.8, 4) is 0 Å². The van der Waals surface area contributed by atoms with Crippen LogP contribution in [0.3, 0.4) is 0 Å². The molecular weight excluding hydrogens is 264 g/mol. The van der Waals surface area contributed by atoms with Gasteiger partial charge in [-0.05, 0) is 44.5 Å². The van der Waals surface area contributed by atoms with Crippen LogP contribution in [0.25, 0.3) is 0 Å². The van der Waals surface area contributed by atoms with E-state index in [1.807, 2.05) is 43.0 Å². The van der Waals surface area contributed by atoms with Gasteiger partial charge in [-0.1, -0.05) is 18.2 Å². The van der Waals surface area contributed by atoms with Crippen molar-refractivity contribution in [1.82, 2.24) is 0 Å². The highest BCUT2D eigenvalue weighted by atomic mass is 16.3. The normalized spacial score (nSPS) is 17.1. The zero-order chi connectivity index (χ0) is 15.0. The molecule has 0 saturated heterocycles. The maximum Gasteiger partial charge on any atom is 0.261 e. The van der Waals surface area contributed by atoms with Crippen LogP contribution in [0.2, 0.25) is 0 Å². The Morgan fingerprint density at radius 1 is 1.38 bits per heavy atom. The van der Waals surface area contributed by atoms with Gasteiger partial charge in [0.1, 0.15) is 11.5 Å². The molecule has 21 heavy (non-hydrogen) atoms. The predicted octanol–water partition coefficient (Wildman–Crippen LogP) is 2.99. The molecule has 1 amide bonds. The van der Waals surface area contributed by atoms with E-state index < -0.39 is 0 Å². The summed E-state index contributed by atoms with van der Waals surface area (Å²) in [5, 5.41) is 0. The highest BCUT2D eigenvalue weighted by Gasteiger charge is 2.33. The summed E-state index contributed by atoms with van der Waals surface area (Å²) in [6, 6.07) is 9.90. The number of furan rings is 1. The molecule has 2 aromatic rings. The van der Waals surface area contributed by atoms with Gasteiger partial charge in [0, 0.05) is 18.2 Å². The Morgan fingerprint density at radius 2 is 2.14 bits per heavy atom. The minimum absolute atomic E-state index is 0.0105. The fraction of sp³-hybridized carbons (Fsp3) is 0.353. The van der Waals surface area contributed by atoms with Gasteiger partial charge >= 0.3 is 0 Å². The molecule has 2 heterocycles. The molecule has 1 unspecified atom stereocenters. The lowest BCUT2D eigenvalue weighted by atomic mass is 9.98. The molecular formula is C17H20N2O2. The van der Waals surface area contributed by atoms with Gasteiger partial charge in [0.05, 0.1) is 5.56 Å². The maximum absolute atomic E-state index is 12.8. The lowest BCUT2D eigenvalue weighted by Gasteiger charge is -2.17.